The number of hydrogen-bond donors (Lipinski definition) is 3. The van der Waals surface area contributed by atoms with E-state index in [0.717, 1.165) is 36.1 Å². The van der Waals surface area contributed by atoms with Crippen molar-refractivity contribution in [2.45, 2.75) is 65.2 Å². The summed E-state index contributed by atoms with van der Waals surface area (Å²) in [5.74, 6) is -1.99. The Morgan fingerprint density at radius 1 is 1.10 bits per heavy atom. The van der Waals surface area contributed by atoms with Crippen molar-refractivity contribution in [3.63, 3.8) is 0 Å². The number of hydrogen-bond acceptors (Lipinski definition) is 7. The Morgan fingerprint density at radius 3 is 2.36 bits per heavy atom. The second-order valence-electron chi connectivity index (χ2n) is 11.2. The Bertz CT molecular complexity index is 1170. The van der Waals surface area contributed by atoms with E-state index in [1.165, 1.54) is 12.5 Å². The minimum atomic E-state index is -0.762. The van der Waals surface area contributed by atoms with Gasteiger partial charge in [-0.15, -0.1) is 0 Å². The molecule has 0 radical (unpaired) electrons. The van der Waals surface area contributed by atoms with Crippen molar-refractivity contribution in [3.05, 3.63) is 47.0 Å². The van der Waals surface area contributed by atoms with Crippen molar-refractivity contribution in [1.29, 1.82) is 0 Å². The molecule has 0 aromatic heterocycles. The number of unbranched alkanes of at least 4 members (excludes halogenated alkanes) is 1. The first-order valence-corrected chi connectivity index (χ1v) is 14.0. The first-order chi connectivity index (χ1) is 18.6. The standard InChI is InChI=1S/C32H43NO6/c1-5-6-7-21-8-10-23(11-9-21)25-18-28(33(3)4)26-16-22(17-30(38)31(26)32(25)39)15-24(12-13-34)27(19-35)29(37)14-20(2)36/h8-11,18,22,24,27,34-35,39H,5-7,12-17,19H2,1-4H3. The highest BCUT2D eigenvalue weighted by atomic mass is 16.3. The number of phenolic OH excluding ortho intramolecular Hbond substituents is 1. The molecule has 7 heteroatoms. The van der Waals surface area contributed by atoms with E-state index in [0.29, 0.717) is 30.4 Å². The van der Waals surface area contributed by atoms with E-state index in [9.17, 15) is 29.7 Å². The average Bonchev–Trinajstić information content (AvgIpc) is 2.87. The average molecular weight is 538 g/mol. The van der Waals surface area contributed by atoms with Gasteiger partial charge in [0.2, 0.25) is 0 Å². The summed E-state index contributed by atoms with van der Waals surface area (Å²) in [6.45, 7) is 2.94. The Hall–Kier alpha value is -3.03. The molecule has 1 aliphatic rings. The number of Topliss-reactive ketones (excluding diaryl/α,β-unsaturated/α-hetero) is 3. The largest absolute Gasteiger partial charge is 0.507 e. The third-order valence-electron chi connectivity index (χ3n) is 7.93. The molecule has 0 spiro atoms. The topological polar surface area (TPSA) is 115 Å². The normalized spacial score (nSPS) is 16.5. The molecule has 0 fully saturated rings. The monoisotopic (exact) mass is 537 g/mol. The van der Waals surface area contributed by atoms with Crippen LogP contribution in [0.1, 0.15) is 73.9 Å². The predicted molar refractivity (Wildman–Crippen MR) is 153 cm³/mol. The molecule has 1 aliphatic carbocycles. The van der Waals surface area contributed by atoms with Crippen LogP contribution < -0.4 is 4.90 Å². The van der Waals surface area contributed by atoms with Crippen LogP contribution in [-0.2, 0) is 22.4 Å². The van der Waals surface area contributed by atoms with Gasteiger partial charge in [-0.05, 0) is 73.6 Å². The molecule has 0 heterocycles. The highest BCUT2D eigenvalue weighted by molar-refractivity contribution is 6.05. The van der Waals surface area contributed by atoms with Gasteiger partial charge in [-0.3, -0.25) is 14.4 Å². The molecule has 2 aromatic carbocycles. The maximum Gasteiger partial charge on any atom is 0.167 e. The lowest BCUT2D eigenvalue weighted by molar-refractivity contribution is -0.131. The van der Waals surface area contributed by atoms with Gasteiger partial charge in [0.15, 0.2) is 5.78 Å². The number of aryl methyl sites for hydroxylation is 1. The summed E-state index contributed by atoms with van der Waals surface area (Å²) < 4.78 is 0. The van der Waals surface area contributed by atoms with Gasteiger partial charge in [0, 0.05) is 44.3 Å². The maximum atomic E-state index is 13.5. The van der Waals surface area contributed by atoms with Crippen molar-refractivity contribution < 1.29 is 29.7 Å². The van der Waals surface area contributed by atoms with Crippen LogP contribution in [0.15, 0.2) is 30.3 Å². The molecule has 0 saturated heterocycles. The van der Waals surface area contributed by atoms with Gasteiger partial charge < -0.3 is 20.2 Å². The summed E-state index contributed by atoms with van der Waals surface area (Å²) in [5, 5.41) is 31.0. The zero-order chi connectivity index (χ0) is 28.7. The van der Waals surface area contributed by atoms with E-state index in [1.807, 2.05) is 37.2 Å². The number of fused-ring (bicyclic) bond motifs is 1. The van der Waals surface area contributed by atoms with E-state index < -0.39 is 12.5 Å². The number of phenols is 1. The van der Waals surface area contributed by atoms with Crippen LogP contribution in [0, 0.1) is 17.8 Å². The molecule has 7 nitrogen and oxygen atoms in total. The van der Waals surface area contributed by atoms with Gasteiger partial charge in [0.05, 0.1) is 18.6 Å². The zero-order valence-corrected chi connectivity index (χ0v) is 23.7. The molecule has 212 valence electrons. The van der Waals surface area contributed by atoms with E-state index >= 15 is 0 Å². The summed E-state index contributed by atoms with van der Waals surface area (Å²) in [6, 6.07) is 10.1. The minimum absolute atomic E-state index is 0.00265. The Labute approximate surface area is 231 Å². The molecule has 3 unspecified atom stereocenters. The third kappa shape index (κ3) is 7.34. The molecule has 39 heavy (non-hydrogen) atoms. The van der Waals surface area contributed by atoms with Gasteiger partial charge in [-0.2, -0.15) is 0 Å². The highest BCUT2D eigenvalue weighted by Gasteiger charge is 2.36. The fourth-order valence-corrected chi connectivity index (χ4v) is 5.92. The lowest BCUT2D eigenvalue weighted by Crippen LogP contribution is -2.33. The number of aromatic hydroxyl groups is 1. The molecule has 3 N–H and O–H groups in total. The van der Waals surface area contributed by atoms with Crippen LogP contribution in [0.2, 0.25) is 0 Å². The molecule has 2 aromatic rings. The van der Waals surface area contributed by atoms with E-state index in [-0.39, 0.29) is 54.4 Å². The molecule has 3 atom stereocenters. The third-order valence-corrected chi connectivity index (χ3v) is 7.93. The van der Waals surface area contributed by atoms with Gasteiger partial charge in [-0.1, -0.05) is 37.6 Å². The number of nitrogens with zero attached hydrogens (tertiary/aromatic N) is 1. The van der Waals surface area contributed by atoms with Gasteiger partial charge >= 0.3 is 0 Å². The van der Waals surface area contributed by atoms with Crippen LogP contribution in [0.25, 0.3) is 11.1 Å². The van der Waals surface area contributed by atoms with Crippen molar-refractivity contribution in [2.24, 2.45) is 17.8 Å². The summed E-state index contributed by atoms with van der Waals surface area (Å²) in [7, 11) is 3.82. The lowest BCUT2D eigenvalue weighted by Gasteiger charge is -2.33. The van der Waals surface area contributed by atoms with Crippen molar-refractivity contribution in [2.75, 3.05) is 32.2 Å². The second-order valence-corrected chi connectivity index (χ2v) is 11.2. The Morgan fingerprint density at radius 2 is 1.79 bits per heavy atom. The number of ketones is 3. The van der Waals surface area contributed by atoms with E-state index in [1.54, 1.807) is 0 Å². The quantitative estimate of drug-likeness (QED) is 0.298. The van der Waals surface area contributed by atoms with Crippen molar-refractivity contribution in [3.8, 4) is 16.9 Å². The van der Waals surface area contributed by atoms with Crippen molar-refractivity contribution >= 4 is 23.0 Å². The number of aliphatic hydroxyl groups excluding tert-OH is 2. The van der Waals surface area contributed by atoms with E-state index in [2.05, 4.69) is 19.1 Å². The Kier molecular flexibility index (Phi) is 10.8. The van der Waals surface area contributed by atoms with E-state index in [4.69, 9.17) is 0 Å². The van der Waals surface area contributed by atoms with Crippen molar-refractivity contribution in [1.82, 2.24) is 0 Å². The van der Waals surface area contributed by atoms with Gasteiger partial charge in [0.1, 0.15) is 17.3 Å². The first kappa shape index (κ1) is 30.5. The Balaban J connectivity index is 1.94. The zero-order valence-electron chi connectivity index (χ0n) is 23.7. The summed E-state index contributed by atoms with van der Waals surface area (Å²) in [4.78, 5) is 39.7. The van der Waals surface area contributed by atoms with Crippen LogP contribution in [0.3, 0.4) is 0 Å². The molecular weight excluding hydrogens is 494 g/mol. The fourth-order valence-electron chi connectivity index (χ4n) is 5.92. The number of carbonyl (C=O) groups is 3. The first-order valence-electron chi connectivity index (χ1n) is 14.0. The molecule has 3 rings (SSSR count). The van der Waals surface area contributed by atoms with Crippen LogP contribution in [0.4, 0.5) is 5.69 Å². The molecular formula is C32H43NO6. The lowest BCUT2D eigenvalue weighted by atomic mass is 9.73. The second kappa shape index (κ2) is 13.9. The number of carbonyl (C=O) groups excluding carboxylic acids is 3. The molecule has 0 aliphatic heterocycles. The van der Waals surface area contributed by atoms with Crippen LogP contribution in [0.5, 0.6) is 5.75 Å². The summed E-state index contributed by atoms with van der Waals surface area (Å²) >= 11 is 0. The smallest absolute Gasteiger partial charge is 0.167 e. The number of rotatable bonds is 14. The fraction of sp³-hybridized carbons (Fsp3) is 0.531. The maximum absolute atomic E-state index is 13.5. The summed E-state index contributed by atoms with van der Waals surface area (Å²) in [5.41, 5.74) is 4.71. The van der Waals surface area contributed by atoms with Gasteiger partial charge in [-0.25, -0.2) is 0 Å². The number of aliphatic hydroxyl groups is 2. The highest BCUT2D eigenvalue weighted by Crippen LogP contribution is 2.45. The van der Waals surface area contributed by atoms with Crippen LogP contribution in [-0.4, -0.2) is 60.0 Å². The molecule has 0 bridgehead atoms. The predicted octanol–water partition coefficient (Wildman–Crippen LogP) is 4.76. The van der Waals surface area contributed by atoms with Crippen LogP contribution >= 0.6 is 0 Å². The summed E-state index contributed by atoms with van der Waals surface area (Å²) in [6.07, 6.45) is 4.48. The van der Waals surface area contributed by atoms with Gasteiger partial charge in [0.25, 0.3) is 0 Å². The minimum Gasteiger partial charge on any atom is -0.507 e. The number of benzene rings is 2. The number of anilines is 1. The SMILES string of the molecule is CCCCc1ccc(-c2cc(N(C)C)c3c(c2O)C(=O)CC(CC(CCO)C(CO)C(=O)CC(C)=O)C3)cc1. The molecule has 0 saturated carbocycles. The molecule has 0 amide bonds.